The van der Waals surface area contributed by atoms with Gasteiger partial charge in [0.15, 0.2) is 0 Å². The Kier molecular flexibility index (Phi) is 4.69. The topological polar surface area (TPSA) is 77.2 Å². The Morgan fingerprint density at radius 1 is 1.12 bits per heavy atom. The van der Waals surface area contributed by atoms with Gasteiger partial charge in [-0.1, -0.05) is 35.3 Å². The molecule has 0 aliphatic carbocycles. The van der Waals surface area contributed by atoms with Gasteiger partial charge in [-0.05, 0) is 30.3 Å². The van der Waals surface area contributed by atoms with Crippen molar-refractivity contribution >= 4 is 34.8 Å². The maximum absolute atomic E-state index is 12.2. The molecule has 122 valence electrons. The molecule has 0 aliphatic heterocycles. The number of rotatable bonds is 4. The summed E-state index contributed by atoms with van der Waals surface area (Å²) in [4.78, 5) is 12.2. The summed E-state index contributed by atoms with van der Waals surface area (Å²) in [7, 11) is 1.55. The van der Waals surface area contributed by atoms with Crippen molar-refractivity contribution in [2.24, 2.45) is 0 Å². The number of nitrogens with one attached hydrogen (secondary N) is 1. The zero-order valence-corrected chi connectivity index (χ0v) is 13.9. The van der Waals surface area contributed by atoms with E-state index in [2.05, 4.69) is 15.5 Å². The van der Waals surface area contributed by atoms with Gasteiger partial charge < -0.3 is 14.5 Å². The van der Waals surface area contributed by atoms with Crippen molar-refractivity contribution in [3.05, 3.63) is 58.4 Å². The van der Waals surface area contributed by atoms with Gasteiger partial charge in [0.1, 0.15) is 5.75 Å². The Morgan fingerprint density at radius 3 is 2.54 bits per heavy atom. The number of halogens is 2. The highest BCUT2D eigenvalue weighted by atomic mass is 35.5. The molecule has 1 aromatic heterocycles. The summed E-state index contributed by atoms with van der Waals surface area (Å²) < 4.78 is 10.5. The molecule has 0 aliphatic rings. The molecule has 1 heterocycles. The van der Waals surface area contributed by atoms with E-state index >= 15 is 0 Å². The van der Waals surface area contributed by atoms with Crippen LogP contribution >= 0.6 is 23.2 Å². The van der Waals surface area contributed by atoms with E-state index in [9.17, 15) is 4.79 Å². The number of hydrogen-bond donors (Lipinski definition) is 1. The fraction of sp³-hybridized carbons (Fsp3) is 0.0625. The average molecular weight is 364 g/mol. The number of nitrogens with zero attached hydrogens (tertiary/aromatic N) is 2. The molecule has 0 atom stereocenters. The summed E-state index contributed by atoms with van der Waals surface area (Å²) in [6.45, 7) is 0. The highest BCUT2D eigenvalue weighted by Gasteiger charge is 2.18. The van der Waals surface area contributed by atoms with Crippen LogP contribution in [0.1, 0.15) is 10.7 Å². The van der Waals surface area contributed by atoms with E-state index in [1.807, 2.05) is 0 Å². The van der Waals surface area contributed by atoms with Crippen LogP contribution in [0.15, 0.2) is 46.9 Å². The van der Waals surface area contributed by atoms with Gasteiger partial charge in [-0.3, -0.25) is 4.79 Å². The third kappa shape index (κ3) is 3.34. The molecule has 0 saturated carbocycles. The quantitative estimate of drug-likeness (QED) is 0.747. The second kappa shape index (κ2) is 6.90. The highest BCUT2D eigenvalue weighted by molar-refractivity contribution is 6.39. The molecule has 8 heteroatoms. The molecule has 6 nitrogen and oxygen atoms in total. The van der Waals surface area contributed by atoms with E-state index in [4.69, 9.17) is 32.4 Å². The fourth-order valence-electron chi connectivity index (χ4n) is 1.97. The number of hydrogen-bond acceptors (Lipinski definition) is 5. The minimum atomic E-state index is -0.605. The van der Waals surface area contributed by atoms with Gasteiger partial charge in [0.05, 0.1) is 22.8 Å². The minimum absolute atomic E-state index is 0.198. The first-order chi connectivity index (χ1) is 11.6. The minimum Gasteiger partial charge on any atom is -0.497 e. The smallest absolute Gasteiger partial charge is 0.313 e. The van der Waals surface area contributed by atoms with Gasteiger partial charge in [0.2, 0.25) is 5.89 Å². The second-order valence-corrected chi connectivity index (χ2v) is 5.51. The Hall–Kier alpha value is -2.57. The molecule has 0 unspecified atom stereocenters. The first-order valence-corrected chi connectivity index (χ1v) is 7.57. The fourth-order valence-corrected chi connectivity index (χ4v) is 2.46. The van der Waals surface area contributed by atoms with Crippen molar-refractivity contribution in [3.63, 3.8) is 0 Å². The van der Waals surface area contributed by atoms with Crippen molar-refractivity contribution in [2.75, 3.05) is 12.4 Å². The summed E-state index contributed by atoms with van der Waals surface area (Å²) in [6, 6.07) is 11.9. The molecule has 1 amide bonds. The van der Waals surface area contributed by atoms with Crippen LogP contribution in [-0.4, -0.2) is 23.2 Å². The van der Waals surface area contributed by atoms with E-state index in [0.717, 1.165) is 0 Å². The second-order valence-electron chi connectivity index (χ2n) is 4.70. The SMILES string of the molecule is COc1cccc(-c2nnc(C(=O)Nc3c(Cl)cccc3Cl)o2)c1. The maximum atomic E-state index is 12.2. The number of ether oxygens (including phenoxy) is 1. The van der Waals surface area contributed by atoms with Crippen LogP contribution < -0.4 is 10.1 Å². The first kappa shape index (κ1) is 16.3. The number of carbonyl (C=O) groups excluding carboxylic acids is 1. The Labute approximate surface area is 147 Å². The van der Waals surface area contributed by atoms with Crippen LogP contribution in [0, 0.1) is 0 Å². The molecule has 0 saturated heterocycles. The third-order valence-corrected chi connectivity index (χ3v) is 3.77. The number of amides is 1. The summed E-state index contributed by atoms with van der Waals surface area (Å²) in [5.74, 6) is 0.0271. The monoisotopic (exact) mass is 363 g/mol. The Balaban J connectivity index is 1.83. The van der Waals surface area contributed by atoms with Gasteiger partial charge in [-0.25, -0.2) is 0 Å². The van der Waals surface area contributed by atoms with E-state index in [1.54, 1.807) is 49.6 Å². The van der Waals surface area contributed by atoms with E-state index < -0.39 is 5.91 Å². The van der Waals surface area contributed by atoms with Crippen molar-refractivity contribution in [1.82, 2.24) is 10.2 Å². The number of anilines is 1. The molecular weight excluding hydrogens is 353 g/mol. The molecule has 3 rings (SSSR count). The molecule has 0 bridgehead atoms. The van der Waals surface area contributed by atoms with Crippen LogP contribution in [0.3, 0.4) is 0 Å². The Bertz CT molecular complexity index is 876. The van der Waals surface area contributed by atoms with Crippen molar-refractivity contribution < 1.29 is 13.9 Å². The normalized spacial score (nSPS) is 10.5. The molecule has 0 fully saturated rings. The lowest BCUT2D eigenvalue weighted by Crippen LogP contribution is -2.13. The molecule has 0 radical (unpaired) electrons. The molecular formula is C16H11Cl2N3O3. The van der Waals surface area contributed by atoms with Crippen LogP contribution in [0.2, 0.25) is 10.0 Å². The largest absolute Gasteiger partial charge is 0.497 e. The molecule has 0 spiro atoms. The Morgan fingerprint density at radius 2 is 1.83 bits per heavy atom. The number of methoxy groups -OCH3 is 1. The van der Waals surface area contributed by atoms with Crippen LogP contribution in [0.25, 0.3) is 11.5 Å². The van der Waals surface area contributed by atoms with Crippen molar-refractivity contribution in [3.8, 4) is 17.2 Å². The summed E-state index contributed by atoms with van der Waals surface area (Å²) >= 11 is 12.0. The average Bonchev–Trinajstić information content (AvgIpc) is 3.08. The molecule has 1 N–H and O–H groups in total. The van der Waals surface area contributed by atoms with E-state index in [1.165, 1.54) is 0 Å². The summed E-state index contributed by atoms with van der Waals surface area (Å²) in [5, 5.41) is 10.8. The van der Waals surface area contributed by atoms with Crippen LogP contribution in [0.5, 0.6) is 5.75 Å². The number of aromatic nitrogens is 2. The van der Waals surface area contributed by atoms with Gasteiger partial charge in [0, 0.05) is 5.56 Å². The maximum Gasteiger partial charge on any atom is 0.313 e. The first-order valence-electron chi connectivity index (χ1n) is 6.82. The van der Waals surface area contributed by atoms with Gasteiger partial charge in [0.25, 0.3) is 0 Å². The van der Waals surface area contributed by atoms with Gasteiger partial charge in [-0.2, -0.15) is 0 Å². The molecule has 24 heavy (non-hydrogen) atoms. The number of benzene rings is 2. The van der Waals surface area contributed by atoms with Crippen LogP contribution in [0.4, 0.5) is 5.69 Å². The van der Waals surface area contributed by atoms with E-state index in [-0.39, 0.29) is 17.5 Å². The predicted molar refractivity (Wildman–Crippen MR) is 90.7 cm³/mol. The van der Waals surface area contributed by atoms with Gasteiger partial charge >= 0.3 is 11.8 Å². The molecule has 3 aromatic rings. The van der Waals surface area contributed by atoms with Crippen molar-refractivity contribution in [2.45, 2.75) is 0 Å². The van der Waals surface area contributed by atoms with Crippen LogP contribution in [-0.2, 0) is 0 Å². The zero-order valence-electron chi connectivity index (χ0n) is 12.4. The lowest BCUT2D eigenvalue weighted by Gasteiger charge is -2.06. The number of para-hydroxylation sites is 1. The van der Waals surface area contributed by atoms with Gasteiger partial charge in [-0.15, -0.1) is 10.2 Å². The highest BCUT2D eigenvalue weighted by Crippen LogP contribution is 2.30. The number of carbonyl (C=O) groups is 1. The lowest BCUT2D eigenvalue weighted by atomic mass is 10.2. The predicted octanol–water partition coefficient (Wildman–Crippen LogP) is 4.30. The summed E-state index contributed by atoms with van der Waals surface area (Å²) in [5.41, 5.74) is 0.920. The van der Waals surface area contributed by atoms with E-state index in [0.29, 0.717) is 21.4 Å². The third-order valence-electron chi connectivity index (χ3n) is 3.14. The standard InChI is InChI=1S/C16H11Cl2N3O3/c1-23-10-5-2-4-9(8-10)15-20-21-16(24-15)14(22)19-13-11(17)6-3-7-12(13)18/h2-8H,1H3,(H,19,22). The van der Waals surface area contributed by atoms with Crippen molar-refractivity contribution in [1.29, 1.82) is 0 Å². The molecule has 2 aromatic carbocycles. The lowest BCUT2D eigenvalue weighted by molar-refractivity contribution is 0.0991. The zero-order chi connectivity index (χ0) is 17.1. The summed E-state index contributed by atoms with van der Waals surface area (Å²) in [6.07, 6.45) is 0.